The Morgan fingerprint density at radius 1 is 0.914 bits per heavy atom. The van der Waals surface area contributed by atoms with E-state index < -0.39 is 5.97 Å². The minimum Gasteiger partial charge on any atom is -0.478 e. The highest BCUT2D eigenvalue weighted by Crippen LogP contribution is 2.35. The van der Waals surface area contributed by atoms with Crippen LogP contribution in [-0.2, 0) is 7.05 Å². The van der Waals surface area contributed by atoms with E-state index in [9.17, 15) is 14.8 Å². The lowest BCUT2D eigenvalue weighted by molar-refractivity contribution is 0.0697. The Morgan fingerprint density at radius 3 is 2.09 bits per heavy atom. The van der Waals surface area contributed by atoms with Crippen LogP contribution in [0.1, 0.15) is 39.4 Å². The summed E-state index contributed by atoms with van der Waals surface area (Å²) in [5.41, 5.74) is 4.85. The molecular formula is C28H23ClN2O4. The van der Waals surface area contributed by atoms with Crippen LogP contribution < -0.4 is 5.56 Å². The SMILES string of the molecule is Cn1cc(/C(CC(c2ccc(-c3ccc(C(=O)O)cc3)cc2)c2ccccc2Cl)=N\O)ccc1=O. The molecule has 0 bridgehead atoms. The fraction of sp³-hybridized carbons (Fsp3) is 0.107. The van der Waals surface area contributed by atoms with E-state index in [0.717, 1.165) is 22.3 Å². The molecule has 6 nitrogen and oxygen atoms in total. The lowest BCUT2D eigenvalue weighted by atomic mass is 9.85. The van der Waals surface area contributed by atoms with E-state index in [-0.39, 0.29) is 17.0 Å². The van der Waals surface area contributed by atoms with Crippen molar-refractivity contribution in [3.63, 3.8) is 0 Å². The van der Waals surface area contributed by atoms with E-state index in [1.165, 1.54) is 10.6 Å². The third kappa shape index (κ3) is 5.34. The second kappa shape index (κ2) is 10.4. The van der Waals surface area contributed by atoms with E-state index in [1.807, 2.05) is 48.5 Å². The van der Waals surface area contributed by atoms with Gasteiger partial charge in [0.25, 0.3) is 0 Å². The van der Waals surface area contributed by atoms with E-state index >= 15 is 0 Å². The number of carbonyl (C=O) groups is 1. The molecule has 2 N–H and O–H groups in total. The van der Waals surface area contributed by atoms with Gasteiger partial charge in [-0.2, -0.15) is 0 Å². The van der Waals surface area contributed by atoms with Crippen LogP contribution in [0, 0.1) is 0 Å². The quantitative estimate of drug-likeness (QED) is 0.196. The number of aromatic nitrogens is 1. The Balaban J connectivity index is 1.70. The predicted octanol–water partition coefficient (Wildman–Crippen LogP) is 5.80. The van der Waals surface area contributed by atoms with E-state index in [2.05, 4.69) is 5.16 Å². The molecule has 0 saturated heterocycles. The van der Waals surface area contributed by atoms with Gasteiger partial charge in [-0.15, -0.1) is 0 Å². The first-order valence-electron chi connectivity index (χ1n) is 10.9. The fourth-order valence-electron chi connectivity index (χ4n) is 4.05. The number of benzene rings is 3. The third-order valence-electron chi connectivity index (χ3n) is 6.00. The number of carboxylic acids is 1. The van der Waals surface area contributed by atoms with Gasteiger partial charge in [0.15, 0.2) is 0 Å². The Hall–Kier alpha value is -4.16. The van der Waals surface area contributed by atoms with Crippen molar-refractivity contribution >= 4 is 23.3 Å². The maximum atomic E-state index is 11.8. The zero-order valence-electron chi connectivity index (χ0n) is 18.9. The minimum absolute atomic E-state index is 0.152. The number of carboxylic acid groups (broad SMARTS) is 1. The first-order chi connectivity index (χ1) is 16.9. The number of aryl methyl sites for hydroxylation is 1. The van der Waals surface area contributed by atoms with Crippen LogP contribution in [0.2, 0.25) is 5.02 Å². The number of aromatic carboxylic acids is 1. The number of hydrogen-bond acceptors (Lipinski definition) is 4. The summed E-state index contributed by atoms with van der Waals surface area (Å²) < 4.78 is 1.44. The number of hydrogen-bond donors (Lipinski definition) is 2. The lowest BCUT2D eigenvalue weighted by Crippen LogP contribution is -2.18. The Labute approximate surface area is 207 Å². The molecule has 1 atom stereocenters. The summed E-state index contributed by atoms with van der Waals surface area (Å²) in [6.45, 7) is 0. The van der Waals surface area contributed by atoms with Crippen LogP contribution in [0.5, 0.6) is 0 Å². The van der Waals surface area contributed by atoms with Gasteiger partial charge in [-0.25, -0.2) is 4.79 Å². The smallest absolute Gasteiger partial charge is 0.335 e. The van der Waals surface area contributed by atoms with Crippen molar-refractivity contribution in [2.45, 2.75) is 12.3 Å². The summed E-state index contributed by atoms with van der Waals surface area (Å²) in [6, 6.07) is 25.3. The molecule has 0 aliphatic rings. The molecule has 7 heteroatoms. The standard InChI is InChI=1S/C28H23ClN2O4/c1-31-17-22(14-15-27(31)32)26(30-35)16-24(23-4-2-3-5-25(23)29)20-10-6-18(7-11-20)19-8-12-21(13-9-19)28(33)34/h2-15,17,24,35H,16H2,1H3,(H,33,34)/b30-26-. The van der Waals surface area contributed by atoms with Crippen molar-refractivity contribution in [1.29, 1.82) is 0 Å². The number of oxime groups is 1. The Kier molecular flexibility index (Phi) is 7.13. The molecule has 0 saturated carbocycles. The van der Waals surface area contributed by atoms with Crippen molar-refractivity contribution in [1.82, 2.24) is 4.57 Å². The zero-order valence-corrected chi connectivity index (χ0v) is 19.7. The normalized spacial score (nSPS) is 12.3. The van der Waals surface area contributed by atoms with Crippen LogP contribution in [-0.4, -0.2) is 26.6 Å². The minimum atomic E-state index is -0.964. The molecule has 1 aromatic heterocycles. The van der Waals surface area contributed by atoms with Crippen LogP contribution >= 0.6 is 11.6 Å². The average Bonchev–Trinajstić information content (AvgIpc) is 2.87. The van der Waals surface area contributed by atoms with Crippen LogP contribution in [0.15, 0.2) is 101 Å². The molecule has 0 fully saturated rings. The summed E-state index contributed by atoms with van der Waals surface area (Å²) in [5, 5.41) is 23.1. The average molecular weight is 487 g/mol. The summed E-state index contributed by atoms with van der Waals surface area (Å²) in [7, 11) is 1.65. The van der Waals surface area contributed by atoms with Crippen LogP contribution in [0.25, 0.3) is 11.1 Å². The molecule has 0 amide bonds. The second-order valence-corrected chi connectivity index (χ2v) is 8.60. The van der Waals surface area contributed by atoms with Crippen molar-refractivity contribution in [2.75, 3.05) is 0 Å². The van der Waals surface area contributed by atoms with Gasteiger partial charge in [0.1, 0.15) is 0 Å². The summed E-state index contributed by atoms with van der Waals surface area (Å²) in [5.74, 6) is -1.18. The molecule has 0 aliphatic carbocycles. The van der Waals surface area contributed by atoms with Gasteiger partial charge in [-0.1, -0.05) is 71.4 Å². The molecule has 4 aromatic rings. The van der Waals surface area contributed by atoms with E-state index in [0.29, 0.717) is 22.7 Å². The van der Waals surface area contributed by atoms with Crippen LogP contribution in [0.3, 0.4) is 0 Å². The second-order valence-electron chi connectivity index (χ2n) is 8.20. The molecule has 1 unspecified atom stereocenters. The first kappa shape index (κ1) is 24.0. The molecule has 0 aliphatic heterocycles. The van der Waals surface area contributed by atoms with Gasteiger partial charge in [0, 0.05) is 42.2 Å². The van der Waals surface area contributed by atoms with Gasteiger partial charge >= 0.3 is 5.97 Å². The van der Waals surface area contributed by atoms with E-state index in [4.69, 9.17) is 16.7 Å². The zero-order chi connectivity index (χ0) is 24.9. The van der Waals surface area contributed by atoms with Gasteiger partial charge in [-0.05, 0) is 46.5 Å². The molecule has 0 radical (unpaired) electrons. The molecule has 176 valence electrons. The molecule has 35 heavy (non-hydrogen) atoms. The van der Waals surface area contributed by atoms with Gasteiger partial charge in [0.05, 0.1) is 11.3 Å². The Bertz CT molecular complexity index is 1440. The third-order valence-corrected chi connectivity index (χ3v) is 6.34. The lowest BCUT2D eigenvalue weighted by Gasteiger charge is -2.20. The highest BCUT2D eigenvalue weighted by atomic mass is 35.5. The van der Waals surface area contributed by atoms with Crippen molar-refractivity contribution in [3.05, 3.63) is 129 Å². The number of rotatable bonds is 7. The fourth-order valence-corrected chi connectivity index (χ4v) is 4.32. The van der Waals surface area contributed by atoms with Gasteiger partial charge in [0.2, 0.25) is 5.56 Å². The number of pyridine rings is 1. The topological polar surface area (TPSA) is 91.9 Å². The first-order valence-corrected chi connectivity index (χ1v) is 11.3. The monoisotopic (exact) mass is 486 g/mol. The summed E-state index contributed by atoms with van der Waals surface area (Å²) in [4.78, 5) is 22.9. The molecule has 4 rings (SSSR count). The maximum absolute atomic E-state index is 11.8. The summed E-state index contributed by atoms with van der Waals surface area (Å²) >= 11 is 6.56. The molecule has 3 aromatic carbocycles. The molecule has 1 heterocycles. The highest BCUT2D eigenvalue weighted by molar-refractivity contribution is 6.31. The largest absolute Gasteiger partial charge is 0.478 e. The van der Waals surface area contributed by atoms with Crippen molar-refractivity contribution < 1.29 is 15.1 Å². The number of nitrogens with zero attached hydrogens (tertiary/aromatic N) is 2. The van der Waals surface area contributed by atoms with Gasteiger partial charge < -0.3 is 14.9 Å². The molecular weight excluding hydrogens is 464 g/mol. The van der Waals surface area contributed by atoms with Crippen molar-refractivity contribution in [2.24, 2.45) is 12.2 Å². The van der Waals surface area contributed by atoms with Gasteiger partial charge in [-0.3, -0.25) is 4.79 Å². The highest BCUT2D eigenvalue weighted by Gasteiger charge is 2.21. The summed E-state index contributed by atoms with van der Waals surface area (Å²) in [6.07, 6.45) is 2.00. The van der Waals surface area contributed by atoms with E-state index in [1.54, 1.807) is 43.6 Å². The van der Waals surface area contributed by atoms with Crippen molar-refractivity contribution in [3.8, 4) is 11.1 Å². The van der Waals surface area contributed by atoms with Crippen LogP contribution in [0.4, 0.5) is 0 Å². The molecule has 0 spiro atoms. The predicted molar refractivity (Wildman–Crippen MR) is 137 cm³/mol. The maximum Gasteiger partial charge on any atom is 0.335 e. The Morgan fingerprint density at radius 2 is 1.51 bits per heavy atom. The number of halogens is 1.